The van der Waals surface area contributed by atoms with Gasteiger partial charge in [-0.1, -0.05) is 40.2 Å². The van der Waals surface area contributed by atoms with Gasteiger partial charge in [-0.05, 0) is 54.1 Å². The molecule has 156 valence electrons. The average molecular weight is 491 g/mol. The van der Waals surface area contributed by atoms with Gasteiger partial charge in [0.1, 0.15) is 0 Å². The van der Waals surface area contributed by atoms with Crippen molar-refractivity contribution in [2.24, 2.45) is 5.73 Å². The van der Waals surface area contributed by atoms with E-state index in [1.807, 2.05) is 31.2 Å². The summed E-state index contributed by atoms with van der Waals surface area (Å²) in [6, 6.07) is 12.5. The van der Waals surface area contributed by atoms with Crippen LogP contribution in [0.3, 0.4) is 0 Å². The van der Waals surface area contributed by atoms with Crippen molar-refractivity contribution in [3.63, 3.8) is 0 Å². The lowest BCUT2D eigenvalue weighted by molar-refractivity contribution is -0.123. The van der Waals surface area contributed by atoms with Gasteiger partial charge in [0, 0.05) is 4.47 Å². The zero-order valence-electron chi connectivity index (χ0n) is 16.1. The van der Waals surface area contributed by atoms with E-state index >= 15 is 0 Å². The highest BCUT2D eigenvalue weighted by atomic mass is 79.9. The van der Waals surface area contributed by atoms with Gasteiger partial charge in [-0.15, -0.1) is 0 Å². The fraction of sp³-hybridized carbons (Fsp3) is 0.190. The Hall–Kier alpha value is -2.78. The lowest BCUT2D eigenvalue weighted by Gasteiger charge is -2.13. The Morgan fingerprint density at radius 1 is 1.17 bits per heavy atom. The summed E-state index contributed by atoms with van der Waals surface area (Å²) in [6.45, 7) is 2.12. The van der Waals surface area contributed by atoms with Gasteiger partial charge in [-0.2, -0.15) is 0 Å². The van der Waals surface area contributed by atoms with Crippen molar-refractivity contribution in [3.05, 3.63) is 63.0 Å². The normalized spacial score (nSPS) is 15.0. The summed E-state index contributed by atoms with van der Waals surface area (Å²) in [4.78, 5) is 37.7. The van der Waals surface area contributed by atoms with Crippen LogP contribution in [0, 0.1) is 0 Å². The first-order valence-electron chi connectivity index (χ1n) is 9.05. The molecule has 0 radical (unpaired) electrons. The Bertz CT molecular complexity index is 1020. The van der Waals surface area contributed by atoms with Crippen LogP contribution in [-0.4, -0.2) is 35.2 Å². The highest BCUT2D eigenvalue weighted by Crippen LogP contribution is 2.36. The Kier molecular flexibility index (Phi) is 7.17. The number of carbonyl (C=O) groups excluding carboxylic acids is 3. The maximum Gasteiger partial charge on any atom is 0.293 e. The average Bonchev–Trinajstić information content (AvgIpc) is 2.96. The molecule has 7 nitrogen and oxygen atoms in total. The number of thioether (sulfide) groups is 1. The molecule has 0 bridgehead atoms. The molecule has 0 saturated carbocycles. The van der Waals surface area contributed by atoms with E-state index in [-0.39, 0.29) is 24.3 Å². The molecule has 2 aromatic carbocycles. The lowest BCUT2D eigenvalue weighted by Crippen LogP contribution is -2.27. The summed E-state index contributed by atoms with van der Waals surface area (Å²) in [5.41, 5.74) is 6.62. The third kappa shape index (κ3) is 5.22. The number of hydrogen-bond acceptors (Lipinski definition) is 6. The van der Waals surface area contributed by atoms with E-state index in [0.29, 0.717) is 28.6 Å². The number of nitrogens with two attached hydrogens (primary N) is 1. The number of primary amides is 1. The number of hydrogen-bond donors (Lipinski definition) is 1. The minimum Gasteiger partial charge on any atom is -0.490 e. The predicted molar refractivity (Wildman–Crippen MR) is 118 cm³/mol. The molecule has 1 aliphatic heterocycles. The van der Waals surface area contributed by atoms with Gasteiger partial charge in [-0.25, -0.2) is 0 Å². The van der Waals surface area contributed by atoms with Gasteiger partial charge in [0.15, 0.2) is 18.1 Å². The quantitative estimate of drug-likeness (QED) is 0.562. The van der Waals surface area contributed by atoms with E-state index in [9.17, 15) is 14.4 Å². The first kappa shape index (κ1) is 21.9. The summed E-state index contributed by atoms with van der Waals surface area (Å²) in [5.74, 6) is -0.164. The van der Waals surface area contributed by atoms with Crippen molar-refractivity contribution in [2.45, 2.75) is 13.5 Å². The van der Waals surface area contributed by atoms with E-state index in [1.165, 1.54) is 4.90 Å². The van der Waals surface area contributed by atoms with Crippen molar-refractivity contribution in [1.82, 2.24) is 4.90 Å². The lowest BCUT2D eigenvalue weighted by atomic mass is 10.1. The molecule has 1 heterocycles. The molecule has 9 heteroatoms. The third-order valence-corrected chi connectivity index (χ3v) is 5.78. The molecule has 3 rings (SSSR count). The largest absolute Gasteiger partial charge is 0.490 e. The van der Waals surface area contributed by atoms with E-state index < -0.39 is 5.91 Å². The summed E-state index contributed by atoms with van der Waals surface area (Å²) < 4.78 is 11.7. The van der Waals surface area contributed by atoms with Crippen LogP contribution >= 0.6 is 27.7 Å². The summed E-state index contributed by atoms with van der Waals surface area (Å²) in [5, 5.41) is -0.326. The zero-order chi connectivity index (χ0) is 21.7. The Morgan fingerprint density at radius 2 is 1.93 bits per heavy atom. The molecular weight excluding hydrogens is 472 g/mol. The maximum atomic E-state index is 12.8. The highest BCUT2D eigenvalue weighted by Gasteiger charge is 2.35. The van der Waals surface area contributed by atoms with Crippen molar-refractivity contribution in [2.75, 3.05) is 13.2 Å². The fourth-order valence-electron chi connectivity index (χ4n) is 2.74. The summed E-state index contributed by atoms with van der Waals surface area (Å²) in [6.07, 6.45) is 1.63. The second-order valence-electron chi connectivity index (χ2n) is 6.25. The number of benzene rings is 2. The Balaban J connectivity index is 1.81. The molecule has 1 aliphatic rings. The predicted octanol–water partition coefficient (Wildman–Crippen LogP) is 3.95. The molecule has 30 heavy (non-hydrogen) atoms. The van der Waals surface area contributed by atoms with Gasteiger partial charge in [0.05, 0.1) is 18.1 Å². The van der Waals surface area contributed by atoms with Crippen molar-refractivity contribution >= 4 is 50.8 Å². The van der Waals surface area contributed by atoms with E-state index in [2.05, 4.69) is 15.9 Å². The standard InChI is InChI=1S/C21H19BrN2O5S/c1-2-28-17-9-13(7-8-16(17)29-12-19(23)25)10-18-20(26)24(21(27)30-18)11-14-5-3-4-6-15(14)22/h3-10H,2,11-12H2,1H3,(H2,23,25)/b18-10-. The van der Waals surface area contributed by atoms with Gasteiger partial charge < -0.3 is 15.2 Å². The summed E-state index contributed by atoms with van der Waals surface area (Å²) in [7, 11) is 0. The van der Waals surface area contributed by atoms with Crippen LogP contribution in [-0.2, 0) is 16.1 Å². The molecule has 2 N–H and O–H groups in total. The number of imide groups is 1. The fourth-order valence-corrected chi connectivity index (χ4v) is 3.98. The number of carbonyl (C=O) groups is 3. The molecule has 2 aromatic rings. The van der Waals surface area contributed by atoms with Crippen molar-refractivity contribution in [3.8, 4) is 11.5 Å². The second-order valence-corrected chi connectivity index (χ2v) is 8.10. The molecule has 1 fully saturated rings. The summed E-state index contributed by atoms with van der Waals surface area (Å²) >= 11 is 4.33. The van der Waals surface area contributed by atoms with Crippen LogP contribution < -0.4 is 15.2 Å². The zero-order valence-corrected chi connectivity index (χ0v) is 18.5. The number of amides is 3. The minimum absolute atomic E-state index is 0.188. The third-order valence-electron chi connectivity index (χ3n) is 4.10. The van der Waals surface area contributed by atoms with Crippen LogP contribution in [0.2, 0.25) is 0 Å². The molecular formula is C21H19BrN2O5S. The molecule has 1 saturated heterocycles. The Morgan fingerprint density at radius 3 is 2.63 bits per heavy atom. The van der Waals surface area contributed by atoms with Crippen LogP contribution in [0.4, 0.5) is 4.79 Å². The molecule has 0 aliphatic carbocycles. The van der Waals surface area contributed by atoms with Crippen LogP contribution in [0.5, 0.6) is 11.5 Å². The van der Waals surface area contributed by atoms with Crippen LogP contribution in [0.25, 0.3) is 6.08 Å². The number of rotatable bonds is 8. The molecule has 0 spiro atoms. The molecule has 0 unspecified atom stereocenters. The molecule has 0 atom stereocenters. The van der Waals surface area contributed by atoms with Crippen molar-refractivity contribution in [1.29, 1.82) is 0 Å². The number of halogens is 1. The van der Waals surface area contributed by atoms with E-state index in [0.717, 1.165) is 21.8 Å². The van der Waals surface area contributed by atoms with Crippen molar-refractivity contribution < 1.29 is 23.9 Å². The number of nitrogens with zero attached hydrogens (tertiary/aromatic N) is 1. The highest BCUT2D eigenvalue weighted by molar-refractivity contribution is 9.10. The van der Waals surface area contributed by atoms with Gasteiger partial charge in [0.2, 0.25) is 0 Å². The van der Waals surface area contributed by atoms with Crippen LogP contribution in [0.15, 0.2) is 51.8 Å². The maximum absolute atomic E-state index is 12.8. The molecule has 3 amide bonds. The first-order valence-corrected chi connectivity index (χ1v) is 10.7. The van der Waals surface area contributed by atoms with E-state index in [1.54, 1.807) is 24.3 Å². The minimum atomic E-state index is -0.597. The van der Waals surface area contributed by atoms with Gasteiger partial charge in [0.25, 0.3) is 17.1 Å². The topological polar surface area (TPSA) is 98.9 Å². The van der Waals surface area contributed by atoms with E-state index in [4.69, 9.17) is 15.2 Å². The first-order chi connectivity index (χ1) is 14.4. The second kappa shape index (κ2) is 9.82. The monoisotopic (exact) mass is 490 g/mol. The smallest absolute Gasteiger partial charge is 0.293 e. The van der Waals surface area contributed by atoms with Crippen LogP contribution in [0.1, 0.15) is 18.1 Å². The Labute approximate surface area is 186 Å². The SMILES string of the molecule is CCOc1cc(/C=C2\SC(=O)N(Cc3ccccc3Br)C2=O)ccc1OCC(N)=O. The number of ether oxygens (including phenoxy) is 2. The van der Waals surface area contributed by atoms with Gasteiger partial charge in [-0.3, -0.25) is 19.3 Å². The van der Waals surface area contributed by atoms with Gasteiger partial charge >= 0.3 is 0 Å². The molecule has 0 aromatic heterocycles.